The Morgan fingerprint density at radius 2 is 2.20 bits per heavy atom. The van der Waals surface area contributed by atoms with Crippen LogP contribution in [-0.4, -0.2) is 21.9 Å². The lowest BCUT2D eigenvalue weighted by Crippen LogP contribution is -2.30. The number of rotatable bonds is 1. The average Bonchev–Trinajstić information content (AvgIpc) is 2.14. The summed E-state index contributed by atoms with van der Waals surface area (Å²) in [7, 11) is 0. The zero-order valence-corrected chi connectivity index (χ0v) is 7.04. The first kappa shape index (κ1) is 8.01. The Bertz CT molecular complexity index is 151. The van der Waals surface area contributed by atoms with Crippen molar-refractivity contribution in [2.24, 2.45) is 11.7 Å². The fraction of sp³-hybridized carbons (Fsp3) is 0.833. The molecule has 3 N–H and O–H groups in total. The van der Waals surface area contributed by atoms with Crippen molar-refractivity contribution in [1.29, 1.82) is 0 Å². The SMILES string of the molecule is N[C@@H]1CC[C@H](C(=O)O)[C@H]1Br. The molecule has 58 valence electrons. The summed E-state index contributed by atoms with van der Waals surface area (Å²) in [6.07, 6.45) is 1.51. The minimum Gasteiger partial charge on any atom is -0.481 e. The topological polar surface area (TPSA) is 63.3 Å². The molecule has 1 rings (SSSR count). The summed E-state index contributed by atoms with van der Waals surface area (Å²) in [6, 6.07) is 0.0149. The molecule has 1 saturated carbocycles. The fourth-order valence-corrected chi connectivity index (χ4v) is 2.00. The highest BCUT2D eigenvalue weighted by atomic mass is 79.9. The third kappa shape index (κ3) is 1.32. The first-order valence-electron chi connectivity index (χ1n) is 3.25. The van der Waals surface area contributed by atoms with E-state index in [2.05, 4.69) is 15.9 Å². The smallest absolute Gasteiger partial charge is 0.307 e. The van der Waals surface area contributed by atoms with Gasteiger partial charge in [0, 0.05) is 10.9 Å². The number of carboxylic acids is 1. The van der Waals surface area contributed by atoms with Crippen LogP contribution in [0.3, 0.4) is 0 Å². The van der Waals surface area contributed by atoms with E-state index in [1.807, 2.05) is 0 Å². The fourth-order valence-electron chi connectivity index (χ4n) is 1.25. The molecule has 0 radical (unpaired) electrons. The number of carboxylic acid groups (broad SMARTS) is 1. The van der Waals surface area contributed by atoms with Crippen molar-refractivity contribution < 1.29 is 9.90 Å². The van der Waals surface area contributed by atoms with E-state index in [9.17, 15) is 4.79 Å². The molecule has 0 aliphatic heterocycles. The maximum Gasteiger partial charge on any atom is 0.307 e. The third-order valence-corrected chi connectivity index (χ3v) is 3.24. The molecule has 0 spiro atoms. The Kier molecular flexibility index (Phi) is 2.31. The quantitative estimate of drug-likeness (QED) is 0.619. The second kappa shape index (κ2) is 2.88. The van der Waals surface area contributed by atoms with Gasteiger partial charge >= 0.3 is 5.97 Å². The normalized spacial score (nSPS) is 40.0. The van der Waals surface area contributed by atoms with Crippen LogP contribution in [0.1, 0.15) is 12.8 Å². The molecular formula is C6H10BrNO2. The van der Waals surface area contributed by atoms with Crippen molar-refractivity contribution in [3.63, 3.8) is 0 Å². The number of alkyl halides is 1. The van der Waals surface area contributed by atoms with Gasteiger partial charge in [-0.05, 0) is 12.8 Å². The first-order chi connectivity index (χ1) is 4.63. The van der Waals surface area contributed by atoms with E-state index in [1.165, 1.54) is 0 Å². The lowest BCUT2D eigenvalue weighted by atomic mass is 10.1. The minimum absolute atomic E-state index is 0.0149. The van der Waals surface area contributed by atoms with Gasteiger partial charge < -0.3 is 10.8 Å². The van der Waals surface area contributed by atoms with Crippen molar-refractivity contribution in [3.8, 4) is 0 Å². The number of hydrogen-bond donors (Lipinski definition) is 2. The monoisotopic (exact) mass is 207 g/mol. The molecule has 0 aromatic rings. The Labute approximate surface area is 67.7 Å². The van der Waals surface area contributed by atoms with Gasteiger partial charge in [-0.3, -0.25) is 4.79 Å². The summed E-state index contributed by atoms with van der Waals surface area (Å²) in [5.41, 5.74) is 5.60. The van der Waals surface area contributed by atoms with Gasteiger partial charge in [-0.25, -0.2) is 0 Å². The maximum atomic E-state index is 10.5. The predicted octanol–water partition coefficient (Wildman–Crippen LogP) is 0.572. The van der Waals surface area contributed by atoms with Crippen LogP contribution in [0.5, 0.6) is 0 Å². The van der Waals surface area contributed by atoms with Crippen molar-refractivity contribution in [2.75, 3.05) is 0 Å². The van der Waals surface area contributed by atoms with Crippen molar-refractivity contribution in [3.05, 3.63) is 0 Å². The molecule has 0 heterocycles. The molecule has 10 heavy (non-hydrogen) atoms. The third-order valence-electron chi connectivity index (χ3n) is 1.92. The van der Waals surface area contributed by atoms with Crippen LogP contribution in [0, 0.1) is 5.92 Å². The van der Waals surface area contributed by atoms with Gasteiger partial charge in [0.2, 0.25) is 0 Å². The molecule has 1 aliphatic rings. The predicted molar refractivity (Wildman–Crippen MR) is 41.1 cm³/mol. The van der Waals surface area contributed by atoms with Crippen molar-refractivity contribution in [2.45, 2.75) is 23.7 Å². The van der Waals surface area contributed by atoms with Crippen molar-refractivity contribution >= 4 is 21.9 Å². The lowest BCUT2D eigenvalue weighted by molar-refractivity contribution is -0.141. The summed E-state index contributed by atoms with van der Waals surface area (Å²) in [5.74, 6) is -1.02. The number of aliphatic carboxylic acids is 1. The molecule has 0 aromatic carbocycles. The highest BCUT2D eigenvalue weighted by molar-refractivity contribution is 9.09. The summed E-state index contributed by atoms with van der Waals surface area (Å²) >= 11 is 3.26. The van der Waals surface area contributed by atoms with E-state index in [4.69, 9.17) is 10.8 Å². The molecule has 1 aliphatic carbocycles. The van der Waals surface area contributed by atoms with Gasteiger partial charge in [0.25, 0.3) is 0 Å². The molecule has 0 bridgehead atoms. The Hall–Kier alpha value is -0.0900. The van der Waals surface area contributed by atoms with Crippen molar-refractivity contribution in [1.82, 2.24) is 0 Å². The van der Waals surface area contributed by atoms with E-state index in [0.29, 0.717) is 6.42 Å². The highest BCUT2D eigenvalue weighted by Gasteiger charge is 2.36. The van der Waals surface area contributed by atoms with E-state index in [0.717, 1.165) is 6.42 Å². The molecule has 4 heteroatoms. The summed E-state index contributed by atoms with van der Waals surface area (Å²) in [4.78, 5) is 10.4. The summed E-state index contributed by atoms with van der Waals surface area (Å²) < 4.78 is 0. The second-order valence-corrected chi connectivity index (χ2v) is 3.69. The number of hydrogen-bond acceptors (Lipinski definition) is 2. The van der Waals surface area contributed by atoms with E-state index in [-0.39, 0.29) is 16.8 Å². The lowest BCUT2D eigenvalue weighted by Gasteiger charge is -2.10. The van der Waals surface area contributed by atoms with Crippen LogP contribution in [0.4, 0.5) is 0 Å². The van der Waals surface area contributed by atoms with Gasteiger partial charge in [0.15, 0.2) is 0 Å². The minimum atomic E-state index is -0.741. The van der Waals surface area contributed by atoms with Gasteiger partial charge in [-0.1, -0.05) is 15.9 Å². The second-order valence-electron chi connectivity index (χ2n) is 2.63. The maximum absolute atomic E-state index is 10.5. The van der Waals surface area contributed by atoms with Gasteiger partial charge in [0.05, 0.1) is 5.92 Å². The molecule has 1 fully saturated rings. The summed E-state index contributed by atoms with van der Waals surface area (Å²) in [5, 5.41) is 8.62. The molecular weight excluding hydrogens is 198 g/mol. The van der Waals surface area contributed by atoms with Crippen LogP contribution >= 0.6 is 15.9 Å². The van der Waals surface area contributed by atoms with Gasteiger partial charge in [-0.2, -0.15) is 0 Å². The zero-order valence-electron chi connectivity index (χ0n) is 5.46. The standard InChI is InChI=1S/C6H10BrNO2/c7-5-3(6(9)10)1-2-4(5)8/h3-5H,1-2,8H2,(H,9,10)/t3-,4+,5+/m0/s1. The van der Waals surface area contributed by atoms with Crippen LogP contribution in [-0.2, 0) is 4.79 Å². The number of nitrogens with two attached hydrogens (primary N) is 1. The van der Waals surface area contributed by atoms with E-state index in [1.54, 1.807) is 0 Å². The van der Waals surface area contributed by atoms with Gasteiger partial charge in [0.1, 0.15) is 0 Å². The van der Waals surface area contributed by atoms with Crippen LogP contribution in [0.15, 0.2) is 0 Å². The van der Waals surface area contributed by atoms with Crippen LogP contribution < -0.4 is 5.73 Å². The zero-order chi connectivity index (χ0) is 7.72. The van der Waals surface area contributed by atoms with Crippen LogP contribution in [0.2, 0.25) is 0 Å². The molecule has 0 aromatic heterocycles. The molecule has 3 nitrogen and oxygen atoms in total. The summed E-state index contributed by atoms with van der Waals surface area (Å²) in [6.45, 7) is 0. The largest absolute Gasteiger partial charge is 0.481 e. The molecule has 0 amide bonds. The Balaban J connectivity index is 2.57. The van der Waals surface area contributed by atoms with Crippen LogP contribution in [0.25, 0.3) is 0 Å². The molecule has 3 atom stereocenters. The van der Waals surface area contributed by atoms with E-state index < -0.39 is 5.97 Å². The average molecular weight is 208 g/mol. The van der Waals surface area contributed by atoms with E-state index >= 15 is 0 Å². The molecule has 0 unspecified atom stereocenters. The number of carbonyl (C=O) groups is 1. The van der Waals surface area contributed by atoms with Gasteiger partial charge in [-0.15, -0.1) is 0 Å². The first-order valence-corrected chi connectivity index (χ1v) is 4.17. The molecule has 0 saturated heterocycles. The highest BCUT2D eigenvalue weighted by Crippen LogP contribution is 2.30. The Morgan fingerprint density at radius 1 is 1.60 bits per heavy atom. The Morgan fingerprint density at radius 3 is 2.40 bits per heavy atom. The number of halogens is 1.